The lowest BCUT2D eigenvalue weighted by Gasteiger charge is -2.48. The molecule has 0 saturated carbocycles. The third-order valence-electron chi connectivity index (χ3n) is 9.25. The maximum atomic E-state index is 16.0. The smallest absolute Gasteiger partial charge is 0.417 e. The van der Waals surface area contributed by atoms with E-state index in [0.717, 1.165) is 28.8 Å². The SMILES string of the molecule is COc1ccc(CN(c2ccncn2)S(=O)(=O)c2c(F)cc(N3CCC[C@](CCc4ccc(C(F)(F)F)c(Cl)c4)(N(C)C)C3)cc2F)c(OC)c1. The van der Waals surface area contributed by atoms with Gasteiger partial charge >= 0.3 is 6.18 Å². The summed E-state index contributed by atoms with van der Waals surface area (Å²) in [7, 11) is 1.72. The molecule has 4 aromatic rings. The van der Waals surface area contributed by atoms with E-state index < -0.39 is 43.8 Å². The van der Waals surface area contributed by atoms with Gasteiger partial charge in [0.2, 0.25) is 0 Å². The fraction of sp³-hybridized carbons (Fsp3) is 0.371. The second kappa shape index (κ2) is 15.2. The van der Waals surface area contributed by atoms with Gasteiger partial charge in [0.15, 0.2) is 4.90 Å². The van der Waals surface area contributed by atoms with Gasteiger partial charge in [-0.2, -0.15) is 13.2 Å². The van der Waals surface area contributed by atoms with Gasteiger partial charge in [0.1, 0.15) is 35.3 Å². The van der Waals surface area contributed by atoms with Gasteiger partial charge in [-0.1, -0.05) is 17.7 Å². The van der Waals surface area contributed by atoms with E-state index in [9.17, 15) is 21.6 Å². The largest absolute Gasteiger partial charge is 0.497 e. The molecule has 1 aliphatic heterocycles. The number of benzene rings is 3. The number of hydrogen-bond donors (Lipinski definition) is 0. The highest BCUT2D eigenvalue weighted by Crippen LogP contribution is 2.38. The first-order valence-corrected chi connectivity index (χ1v) is 17.7. The van der Waals surface area contributed by atoms with Crippen LogP contribution in [-0.2, 0) is 29.2 Å². The molecule has 0 aliphatic carbocycles. The maximum Gasteiger partial charge on any atom is 0.417 e. The Hall–Kier alpha value is -4.21. The standard InChI is InChI=1S/C35H37ClF5N5O4S/c1-44(2)34(13-10-23-6-9-27(28(36)16-23)35(39,40)41)12-5-15-45(21-34)25-17-29(37)33(30(38)18-25)51(47,48)46(32-11-14-42-22-43-32)20-24-7-8-26(49-3)19-31(24)50-4/h6-9,11,14,16-19,22H,5,10,12-13,15,20-21H2,1-4H3/t34-/m1/s1. The van der Waals surface area contributed by atoms with Gasteiger partial charge in [-0.05, 0) is 81.7 Å². The van der Waals surface area contributed by atoms with Crippen LogP contribution in [0.4, 0.5) is 33.5 Å². The van der Waals surface area contributed by atoms with E-state index in [1.165, 1.54) is 38.6 Å². The summed E-state index contributed by atoms with van der Waals surface area (Å²) in [6.45, 7) is 0.384. The van der Waals surface area contributed by atoms with Gasteiger partial charge in [-0.25, -0.2) is 31.5 Å². The Morgan fingerprint density at radius 2 is 1.73 bits per heavy atom. The summed E-state index contributed by atoms with van der Waals surface area (Å²) in [6, 6.07) is 11.7. The summed E-state index contributed by atoms with van der Waals surface area (Å²) in [6.07, 6.45) is 0.136. The summed E-state index contributed by atoms with van der Waals surface area (Å²) in [4.78, 5) is 10.5. The molecule has 51 heavy (non-hydrogen) atoms. The van der Waals surface area contributed by atoms with Crippen LogP contribution in [0.25, 0.3) is 0 Å². The van der Waals surface area contributed by atoms with E-state index in [2.05, 4.69) is 9.97 Å². The number of likely N-dealkylation sites (N-methyl/N-ethyl adjacent to an activating group) is 1. The molecule has 3 aromatic carbocycles. The number of ether oxygens (including phenoxy) is 2. The number of halogens is 6. The van der Waals surface area contributed by atoms with Crippen LogP contribution >= 0.6 is 11.6 Å². The van der Waals surface area contributed by atoms with E-state index in [1.807, 2.05) is 19.0 Å². The minimum absolute atomic E-state index is 0.119. The molecular weight excluding hydrogens is 717 g/mol. The fourth-order valence-corrected chi connectivity index (χ4v) is 8.19. The monoisotopic (exact) mass is 753 g/mol. The normalized spacial score (nSPS) is 16.7. The molecule has 1 aromatic heterocycles. The minimum Gasteiger partial charge on any atom is -0.497 e. The van der Waals surface area contributed by atoms with Crippen molar-refractivity contribution in [3.63, 3.8) is 0 Å². The lowest BCUT2D eigenvalue weighted by Crippen LogP contribution is -2.56. The van der Waals surface area contributed by atoms with Gasteiger partial charge in [0.05, 0.1) is 31.4 Å². The Kier molecular flexibility index (Phi) is 11.3. The number of methoxy groups -OCH3 is 2. The van der Waals surface area contributed by atoms with E-state index >= 15 is 8.78 Å². The molecule has 1 fully saturated rings. The molecule has 9 nitrogen and oxygen atoms in total. The number of alkyl halides is 3. The van der Waals surface area contributed by atoms with Gasteiger partial charge in [-0.15, -0.1) is 0 Å². The molecule has 274 valence electrons. The summed E-state index contributed by atoms with van der Waals surface area (Å²) in [5.41, 5.74) is -0.276. The second-order valence-electron chi connectivity index (χ2n) is 12.5. The van der Waals surface area contributed by atoms with E-state index in [0.29, 0.717) is 55.6 Å². The van der Waals surface area contributed by atoms with Crippen molar-refractivity contribution >= 4 is 33.1 Å². The molecule has 0 radical (unpaired) electrons. The summed E-state index contributed by atoms with van der Waals surface area (Å²) in [5, 5.41) is -0.383. The van der Waals surface area contributed by atoms with Crippen LogP contribution in [-0.4, -0.2) is 70.2 Å². The third-order valence-corrected chi connectivity index (χ3v) is 11.4. The fourth-order valence-electron chi connectivity index (χ4n) is 6.39. The first kappa shape index (κ1) is 38.0. The summed E-state index contributed by atoms with van der Waals surface area (Å²) >= 11 is 5.96. The van der Waals surface area contributed by atoms with Crippen molar-refractivity contribution in [1.29, 1.82) is 0 Å². The number of aromatic nitrogens is 2. The number of anilines is 2. The Bertz CT molecular complexity index is 1950. The van der Waals surface area contributed by atoms with Crippen molar-refractivity contribution in [3.05, 3.63) is 100 Å². The van der Waals surface area contributed by atoms with E-state index in [1.54, 1.807) is 23.1 Å². The zero-order valence-electron chi connectivity index (χ0n) is 28.3. The zero-order valence-corrected chi connectivity index (χ0v) is 29.9. The van der Waals surface area contributed by atoms with Gasteiger partial charge in [0, 0.05) is 48.2 Å². The first-order chi connectivity index (χ1) is 24.1. The van der Waals surface area contributed by atoms with Crippen molar-refractivity contribution in [1.82, 2.24) is 14.9 Å². The van der Waals surface area contributed by atoms with Crippen molar-refractivity contribution in [2.75, 3.05) is 50.6 Å². The van der Waals surface area contributed by atoms with Crippen LogP contribution in [0.2, 0.25) is 5.02 Å². The average Bonchev–Trinajstić information content (AvgIpc) is 3.09. The number of nitrogens with zero attached hydrogens (tertiary/aromatic N) is 5. The molecule has 0 spiro atoms. The van der Waals surface area contributed by atoms with E-state index in [4.69, 9.17) is 21.1 Å². The predicted molar refractivity (Wildman–Crippen MR) is 184 cm³/mol. The lowest BCUT2D eigenvalue weighted by atomic mass is 9.82. The highest BCUT2D eigenvalue weighted by atomic mass is 35.5. The van der Waals surface area contributed by atoms with Crippen LogP contribution in [0, 0.1) is 11.6 Å². The van der Waals surface area contributed by atoms with Crippen molar-refractivity contribution < 1.29 is 39.8 Å². The number of hydrogen-bond acceptors (Lipinski definition) is 8. The Morgan fingerprint density at radius 1 is 1.00 bits per heavy atom. The van der Waals surface area contributed by atoms with Crippen molar-refractivity contribution in [2.45, 2.75) is 48.8 Å². The third kappa shape index (κ3) is 8.15. The molecule has 0 N–H and O–H groups in total. The minimum atomic E-state index is -4.89. The summed E-state index contributed by atoms with van der Waals surface area (Å²) in [5.74, 6) is -1.94. The molecule has 0 amide bonds. The van der Waals surface area contributed by atoms with Gasteiger partial charge < -0.3 is 19.3 Å². The number of rotatable bonds is 12. The molecule has 1 saturated heterocycles. The Morgan fingerprint density at radius 3 is 2.31 bits per heavy atom. The summed E-state index contributed by atoms with van der Waals surface area (Å²) < 4.78 is 111. The molecule has 0 unspecified atom stereocenters. The number of piperidine rings is 1. The van der Waals surface area contributed by atoms with Crippen molar-refractivity contribution in [2.24, 2.45) is 0 Å². The van der Waals surface area contributed by atoms with Gasteiger partial charge in [-0.3, -0.25) is 0 Å². The molecular formula is C35H37ClF5N5O4S. The lowest BCUT2D eigenvalue weighted by molar-refractivity contribution is -0.137. The highest BCUT2D eigenvalue weighted by molar-refractivity contribution is 7.92. The highest BCUT2D eigenvalue weighted by Gasteiger charge is 2.39. The number of sulfonamides is 1. The molecule has 2 heterocycles. The first-order valence-electron chi connectivity index (χ1n) is 15.9. The second-order valence-corrected chi connectivity index (χ2v) is 14.7. The maximum absolute atomic E-state index is 16.0. The van der Waals surface area contributed by atoms with Crippen LogP contribution in [0.3, 0.4) is 0 Å². The van der Waals surface area contributed by atoms with Crippen LogP contribution in [0.15, 0.2) is 72.0 Å². The quantitative estimate of drug-likeness (QED) is 0.139. The molecule has 0 bridgehead atoms. The van der Waals surface area contributed by atoms with Crippen LogP contribution in [0.1, 0.15) is 36.0 Å². The Balaban J connectivity index is 1.44. The van der Waals surface area contributed by atoms with Gasteiger partial charge in [0.25, 0.3) is 10.0 Å². The molecule has 1 atom stereocenters. The number of aryl methyl sites for hydroxylation is 1. The average molecular weight is 754 g/mol. The van der Waals surface area contributed by atoms with E-state index in [-0.39, 0.29) is 28.8 Å². The molecule has 1 aliphatic rings. The van der Waals surface area contributed by atoms with Crippen LogP contribution < -0.4 is 18.7 Å². The zero-order chi connectivity index (χ0) is 37.1. The Labute approximate surface area is 298 Å². The molecule has 16 heteroatoms. The predicted octanol–water partition coefficient (Wildman–Crippen LogP) is 7.37. The topological polar surface area (TPSA) is 88.1 Å². The van der Waals surface area contributed by atoms with Crippen molar-refractivity contribution in [3.8, 4) is 11.5 Å². The molecule has 5 rings (SSSR count). The van der Waals surface area contributed by atoms with Crippen LogP contribution in [0.5, 0.6) is 11.5 Å².